The van der Waals surface area contributed by atoms with Crippen molar-refractivity contribution in [1.29, 1.82) is 0 Å². The van der Waals surface area contributed by atoms with Crippen LogP contribution >= 0.6 is 0 Å². The van der Waals surface area contributed by atoms with Gasteiger partial charge in [0, 0.05) is 11.8 Å². The number of fused-ring (bicyclic) bond motifs is 1. The Morgan fingerprint density at radius 2 is 2.33 bits per heavy atom. The van der Waals surface area contributed by atoms with E-state index in [1.165, 1.54) is 6.07 Å². The molecule has 2 N–H and O–H groups in total. The second-order valence-electron chi connectivity index (χ2n) is 3.11. The average Bonchev–Trinajstić information content (AvgIpc) is 2.45. The molecule has 0 aromatic carbocycles. The van der Waals surface area contributed by atoms with Crippen LogP contribution in [0.15, 0.2) is 10.9 Å². The van der Waals surface area contributed by atoms with Crippen LogP contribution in [0.5, 0.6) is 0 Å². The van der Waals surface area contributed by atoms with Gasteiger partial charge >= 0.3 is 5.97 Å². The Balaban J connectivity index is 2.60. The summed E-state index contributed by atoms with van der Waals surface area (Å²) >= 11 is 0. The third-order valence-electron chi connectivity index (χ3n) is 1.82. The summed E-state index contributed by atoms with van der Waals surface area (Å²) in [4.78, 5) is 29.7. The average molecular weight is 208 g/mol. The van der Waals surface area contributed by atoms with E-state index in [0.717, 1.165) is 4.52 Å². The number of carboxylic acid groups (broad SMARTS) is 1. The molecule has 0 spiro atoms. The zero-order valence-electron chi connectivity index (χ0n) is 7.89. The summed E-state index contributed by atoms with van der Waals surface area (Å²) in [7, 11) is 0. The molecule has 0 bridgehead atoms. The van der Waals surface area contributed by atoms with Gasteiger partial charge in [-0.1, -0.05) is 0 Å². The fourth-order valence-electron chi connectivity index (χ4n) is 1.26. The molecule has 0 radical (unpaired) electrons. The quantitative estimate of drug-likeness (QED) is 0.683. The van der Waals surface area contributed by atoms with E-state index >= 15 is 0 Å². The number of nitrogens with zero attached hydrogens (tertiary/aromatic N) is 3. The number of aromatic nitrogens is 4. The van der Waals surface area contributed by atoms with Gasteiger partial charge in [-0.25, -0.2) is 4.98 Å². The number of hydrogen-bond acceptors (Lipinski definition) is 4. The molecule has 2 aromatic rings. The maximum absolute atomic E-state index is 11.4. The highest BCUT2D eigenvalue weighted by molar-refractivity contribution is 5.69. The topological polar surface area (TPSA) is 100 Å². The van der Waals surface area contributed by atoms with Crippen LogP contribution in [0.3, 0.4) is 0 Å². The fraction of sp³-hybridized carbons (Fsp3) is 0.250. The minimum Gasteiger partial charge on any atom is -0.481 e. The van der Waals surface area contributed by atoms with E-state index in [2.05, 4.69) is 15.1 Å². The number of carbonyl (C=O) groups is 1. The Hall–Kier alpha value is -2.18. The molecule has 0 saturated carbocycles. The monoisotopic (exact) mass is 208 g/mol. The second-order valence-corrected chi connectivity index (χ2v) is 3.11. The van der Waals surface area contributed by atoms with Gasteiger partial charge in [0.2, 0.25) is 0 Å². The van der Waals surface area contributed by atoms with Gasteiger partial charge in [0.05, 0.1) is 0 Å². The van der Waals surface area contributed by atoms with Crippen LogP contribution in [-0.2, 0) is 11.2 Å². The number of aromatic amines is 1. The summed E-state index contributed by atoms with van der Waals surface area (Å²) < 4.78 is 1.12. The number of rotatable bonds is 2. The third kappa shape index (κ3) is 1.71. The highest BCUT2D eigenvalue weighted by atomic mass is 16.4. The van der Waals surface area contributed by atoms with Crippen molar-refractivity contribution in [2.75, 3.05) is 0 Å². The summed E-state index contributed by atoms with van der Waals surface area (Å²) in [6, 6.07) is 1.34. The number of nitrogens with one attached hydrogen (secondary N) is 1. The molecule has 0 unspecified atom stereocenters. The van der Waals surface area contributed by atoms with Crippen LogP contribution in [0.1, 0.15) is 11.5 Å². The molecule has 2 heterocycles. The van der Waals surface area contributed by atoms with E-state index < -0.39 is 5.97 Å². The van der Waals surface area contributed by atoms with Crippen molar-refractivity contribution >= 4 is 11.7 Å². The summed E-state index contributed by atoms with van der Waals surface area (Å²) in [5, 5.41) is 11.1. The van der Waals surface area contributed by atoms with E-state index in [1.54, 1.807) is 6.92 Å². The van der Waals surface area contributed by atoms with E-state index in [4.69, 9.17) is 5.11 Å². The molecule has 2 aromatic heterocycles. The molecule has 78 valence electrons. The molecule has 15 heavy (non-hydrogen) atoms. The van der Waals surface area contributed by atoms with Gasteiger partial charge in [-0.05, 0) is 6.92 Å². The highest BCUT2D eigenvalue weighted by Crippen LogP contribution is 1.97. The Morgan fingerprint density at radius 3 is 3.00 bits per heavy atom. The molecule has 0 aliphatic heterocycles. The minimum atomic E-state index is -1.01. The summed E-state index contributed by atoms with van der Waals surface area (Å²) in [6.07, 6.45) is -0.262. The van der Waals surface area contributed by atoms with Crippen LogP contribution in [0.2, 0.25) is 0 Å². The lowest BCUT2D eigenvalue weighted by atomic mass is 10.4. The number of aliphatic carboxylic acids is 1. The predicted molar refractivity (Wildman–Crippen MR) is 49.7 cm³/mol. The molecule has 0 saturated heterocycles. The third-order valence-corrected chi connectivity index (χ3v) is 1.82. The molecular weight excluding hydrogens is 200 g/mol. The lowest BCUT2D eigenvalue weighted by molar-refractivity contribution is -0.136. The number of carboxylic acids is 1. The van der Waals surface area contributed by atoms with Crippen molar-refractivity contribution in [1.82, 2.24) is 19.6 Å². The first-order chi connectivity index (χ1) is 7.06. The second kappa shape index (κ2) is 3.19. The zero-order chi connectivity index (χ0) is 11.0. The van der Waals surface area contributed by atoms with Crippen molar-refractivity contribution in [3.05, 3.63) is 27.9 Å². The van der Waals surface area contributed by atoms with Crippen molar-refractivity contribution in [2.45, 2.75) is 13.3 Å². The Labute approximate surface area is 83.4 Å². The molecule has 0 amide bonds. The Bertz CT molecular complexity index is 583. The largest absolute Gasteiger partial charge is 0.481 e. The summed E-state index contributed by atoms with van der Waals surface area (Å²) in [6.45, 7) is 1.67. The molecule has 2 rings (SSSR count). The molecule has 0 aliphatic rings. The van der Waals surface area contributed by atoms with E-state index in [1.807, 2.05) is 0 Å². The predicted octanol–water partition coefficient (Wildman–Crippen LogP) is -0.647. The van der Waals surface area contributed by atoms with Gasteiger partial charge in [0.25, 0.3) is 11.3 Å². The van der Waals surface area contributed by atoms with Crippen LogP contribution in [0.4, 0.5) is 0 Å². The standard InChI is InChI=1S/C8H8N4O3/c1-4-2-6(13)12-8(9-4)10-5(11-12)3-7(14)15/h2H,3H2,1H3,(H,14,15)(H,9,10,11). The van der Waals surface area contributed by atoms with E-state index in [9.17, 15) is 9.59 Å². The molecule has 7 heteroatoms. The smallest absolute Gasteiger partial charge is 0.311 e. The molecule has 7 nitrogen and oxygen atoms in total. The van der Waals surface area contributed by atoms with E-state index in [0.29, 0.717) is 5.69 Å². The van der Waals surface area contributed by atoms with E-state index in [-0.39, 0.29) is 23.6 Å². The molecule has 0 atom stereocenters. The highest BCUT2D eigenvalue weighted by Gasteiger charge is 2.08. The number of aryl methyl sites for hydroxylation is 1. The Morgan fingerprint density at radius 1 is 1.60 bits per heavy atom. The normalized spacial score (nSPS) is 10.7. The summed E-state index contributed by atoms with van der Waals surface area (Å²) in [5.41, 5.74) is 0.245. The first-order valence-corrected chi connectivity index (χ1v) is 4.23. The SMILES string of the molecule is Cc1cc(=O)n2[nH]c(CC(=O)O)nc2n1. The first kappa shape index (κ1) is 9.38. The number of H-pyrrole nitrogens is 1. The fourth-order valence-corrected chi connectivity index (χ4v) is 1.26. The van der Waals surface area contributed by atoms with Gasteiger partial charge in [-0.2, -0.15) is 9.50 Å². The maximum atomic E-state index is 11.4. The van der Waals surface area contributed by atoms with Gasteiger partial charge < -0.3 is 5.11 Å². The Kier molecular flexibility index (Phi) is 2.00. The van der Waals surface area contributed by atoms with Crippen molar-refractivity contribution in [2.24, 2.45) is 0 Å². The first-order valence-electron chi connectivity index (χ1n) is 4.23. The minimum absolute atomic E-state index is 0.191. The van der Waals surface area contributed by atoms with Crippen LogP contribution in [0.25, 0.3) is 5.78 Å². The van der Waals surface area contributed by atoms with Crippen LogP contribution in [0, 0.1) is 6.92 Å². The van der Waals surface area contributed by atoms with Crippen LogP contribution in [-0.4, -0.2) is 30.7 Å². The van der Waals surface area contributed by atoms with Gasteiger partial charge in [0.15, 0.2) is 0 Å². The summed E-state index contributed by atoms with van der Waals surface area (Å²) in [5.74, 6) is -0.618. The lowest BCUT2D eigenvalue weighted by Crippen LogP contribution is -2.14. The lowest BCUT2D eigenvalue weighted by Gasteiger charge is -1.90. The number of hydrogen-bond donors (Lipinski definition) is 2. The van der Waals surface area contributed by atoms with Gasteiger partial charge in [-0.15, -0.1) is 0 Å². The van der Waals surface area contributed by atoms with Gasteiger partial charge in [0.1, 0.15) is 12.2 Å². The van der Waals surface area contributed by atoms with Crippen molar-refractivity contribution in [3.8, 4) is 0 Å². The molecular formula is C8H8N4O3. The van der Waals surface area contributed by atoms with Gasteiger partial charge in [-0.3, -0.25) is 14.7 Å². The zero-order valence-corrected chi connectivity index (χ0v) is 7.89. The van der Waals surface area contributed by atoms with Crippen molar-refractivity contribution < 1.29 is 9.90 Å². The maximum Gasteiger partial charge on any atom is 0.311 e. The van der Waals surface area contributed by atoms with Crippen molar-refractivity contribution in [3.63, 3.8) is 0 Å². The van der Waals surface area contributed by atoms with Crippen LogP contribution < -0.4 is 5.56 Å². The molecule has 0 fully saturated rings. The molecule has 0 aliphatic carbocycles.